The van der Waals surface area contributed by atoms with Crippen LogP contribution in [0, 0.1) is 18.7 Å². The number of fused-ring (bicyclic) bond motifs is 1. The van der Waals surface area contributed by atoms with Gasteiger partial charge in [0.15, 0.2) is 0 Å². The van der Waals surface area contributed by atoms with Crippen molar-refractivity contribution in [1.29, 1.82) is 0 Å². The minimum absolute atomic E-state index is 0.0773. The molecule has 2 aliphatic rings. The number of piperidine rings is 1. The molecule has 4 rings (SSSR count). The highest BCUT2D eigenvalue weighted by atomic mass is 32.2. The maximum absolute atomic E-state index is 13.4. The topological polar surface area (TPSA) is 66.5 Å². The third-order valence-electron chi connectivity index (χ3n) is 6.22. The highest BCUT2D eigenvalue weighted by Crippen LogP contribution is 2.28. The second kappa shape index (κ2) is 8.47. The fraction of sp³-hybridized carbons (Fsp3) is 0.435. The highest BCUT2D eigenvalue weighted by Gasteiger charge is 2.32. The van der Waals surface area contributed by atoms with Crippen LogP contribution in [0.15, 0.2) is 41.3 Å². The van der Waals surface area contributed by atoms with E-state index in [0.29, 0.717) is 42.9 Å². The van der Waals surface area contributed by atoms with Gasteiger partial charge in [0, 0.05) is 25.6 Å². The van der Waals surface area contributed by atoms with Crippen molar-refractivity contribution in [2.24, 2.45) is 5.92 Å². The molecule has 7 heteroatoms. The number of halogens is 1. The van der Waals surface area contributed by atoms with Crippen LogP contribution in [-0.4, -0.2) is 31.7 Å². The van der Waals surface area contributed by atoms with Crippen molar-refractivity contribution < 1.29 is 17.6 Å². The molecule has 0 radical (unpaired) electrons. The summed E-state index contributed by atoms with van der Waals surface area (Å²) in [5, 5.41) is 2.90. The van der Waals surface area contributed by atoms with Crippen molar-refractivity contribution in [2.75, 3.05) is 13.1 Å². The zero-order valence-electron chi connectivity index (χ0n) is 17.2. The molecular weight excluding hydrogens is 403 g/mol. The molecule has 160 valence electrons. The number of hydrogen-bond donors (Lipinski definition) is 1. The van der Waals surface area contributed by atoms with E-state index >= 15 is 0 Å². The van der Waals surface area contributed by atoms with Gasteiger partial charge in [0.2, 0.25) is 15.9 Å². The summed E-state index contributed by atoms with van der Waals surface area (Å²) in [6.45, 7) is 2.71. The number of benzene rings is 2. The third kappa shape index (κ3) is 4.27. The Morgan fingerprint density at radius 3 is 2.57 bits per heavy atom. The molecule has 0 spiro atoms. The van der Waals surface area contributed by atoms with Crippen LogP contribution in [0.5, 0.6) is 0 Å². The minimum Gasteiger partial charge on any atom is -0.352 e. The summed E-state index contributed by atoms with van der Waals surface area (Å²) in [5.74, 6) is -0.549. The second-order valence-corrected chi connectivity index (χ2v) is 10.2. The first kappa shape index (κ1) is 21.0. The van der Waals surface area contributed by atoms with Crippen LogP contribution in [0.4, 0.5) is 4.39 Å². The van der Waals surface area contributed by atoms with Gasteiger partial charge in [-0.2, -0.15) is 4.31 Å². The molecule has 1 amide bonds. The summed E-state index contributed by atoms with van der Waals surface area (Å²) in [6.07, 6.45) is 4.04. The van der Waals surface area contributed by atoms with Crippen molar-refractivity contribution in [1.82, 2.24) is 9.62 Å². The molecule has 30 heavy (non-hydrogen) atoms. The normalized spacial score (nSPS) is 17.7. The molecule has 0 unspecified atom stereocenters. The number of carbonyl (C=O) groups excluding carboxylic acids is 1. The molecule has 1 aliphatic carbocycles. The summed E-state index contributed by atoms with van der Waals surface area (Å²) >= 11 is 0. The number of aryl methyl sites for hydroxylation is 3. The third-order valence-corrected chi connectivity index (χ3v) is 8.12. The van der Waals surface area contributed by atoms with E-state index in [0.717, 1.165) is 30.4 Å². The average molecular weight is 431 g/mol. The van der Waals surface area contributed by atoms with Crippen molar-refractivity contribution in [3.05, 3.63) is 64.5 Å². The van der Waals surface area contributed by atoms with Crippen molar-refractivity contribution >= 4 is 15.9 Å². The van der Waals surface area contributed by atoms with E-state index in [9.17, 15) is 17.6 Å². The largest absolute Gasteiger partial charge is 0.352 e. The number of carbonyl (C=O) groups is 1. The molecule has 1 fully saturated rings. The van der Waals surface area contributed by atoms with Gasteiger partial charge in [-0.05, 0) is 79.5 Å². The SMILES string of the molecule is Cc1cc(CNC(=O)C2CCN(S(=O)(=O)c3ccc4c(c3)CCC4)CC2)ccc1F. The molecule has 1 saturated heterocycles. The standard InChI is InChI=1S/C23H27FN2O3S/c1-16-13-17(5-8-22(16)24)15-25-23(27)19-9-11-26(12-10-19)30(28,29)21-7-6-18-3-2-4-20(18)14-21/h5-8,13-14,19H,2-4,9-12,15H2,1H3,(H,25,27). The lowest BCUT2D eigenvalue weighted by Crippen LogP contribution is -2.42. The predicted molar refractivity (Wildman–Crippen MR) is 113 cm³/mol. The first-order chi connectivity index (χ1) is 14.3. The minimum atomic E-state index is -3.53. The zero-order valence-corrected chi connectivity index (χ0v) is 18.0. The maximum Gasteiger partial charge on any atom is 0.243 e. The van der Waals surface area contributed by atoms with Crippen molar-refractivity contribution in [2.45, 2.75) is 50.5 Å². The molecule has 5 nitrogen and oxygen atoms in total. The van der Waals surface area contributed by atoms with Gasteiger partial charge >= 0.3 is 0 Å². The summed E-state index contributed by atoms with van der Waals surface area (Å²) in [5.41, 5.74) is 3.78. The number of rotatable bonds is 5. The molecule has 0 saturated carbocycles. The Kier molecular flexibility index (Phi) is 5.93. The van der Waals surface area contributed by atoms with Crippen LogP contribution >= 0.6 is 0 Å². The lowest BCUT2D eigenvalue weighted by molar-refractivity contribution is -0.126. The van der Waals surface area contributed by atoms with Crippen LogP contribution in [0.3, 0.4) is 0 Å². The van der Waals surface area contributed by atoms with Crippen LogP contribution in [0.25, 0.3) is 0 Å². The Morgan fingerprint density at radius 1 is 1.10 bits per heavy atom. The summed E-state index contributed by atoms with van der Waals surface area (Å²) in [7, 11) is -3.53. The Balaban J connectivity index is 1.33. The van der Waals surface area contributed by atoms with Gasteiger partial charge in [-0.1, -0.05) is 18.2 Å². The first-order valence-corrected chi connectivity index (χ1v) is 11.9. The second-order valence-electron chi connectivity index (χ2n) is 8.26. The van der Waals surface area contributed by atoms with E-state index in [1.54, 1.807) is 25.1 Å². The lowest BCUT2D eigenvalue weighted by atomic mass is 9.97. The summed E-state index contributed by atoms with van der Waals surface area (Å²) in [6, 6.07) is 10.3. The van der Waals surface area contributed by atoms with E-state index in [-0.39, 0.29) is 17.6 Å². The quantitative estimate of drug-likeness (QED) is 0.791. The fourth-order valence-electron chi connectivity index (χ4n) is 4.37. The average Bonchev–Trinajstić information content (AvgIpc) is 3.22. The van der Waals surface area contributed by atoms with Gasteiger partial charge in [-0.3, -0.25) is 4.79 Å². The zero-order chi connectivity index (χ0) is 21.3. The van der Waals surface area contributed by atoms with Crippen LogP contribution < -0.4 is 5.32 Å². The van der Waals surface area contributed by atoms with E-state index in [1.165, 1.54) is 15.9 Å². The Morgan fingerprint density at radius 2 is 1.83 bits per heavy atom. The molecule has 2 aromatic carbocycles. The molecule has 0 atom stereocenters. The fourth-order valence-corrected chi connectivity index (χ4v) is 5.89. The molecule has 0 aromatic heterocycles. The Bertz CT molecular complexity index is 1060. The Hall–Kier alpha value is -2.25. The van der Waals surface area contributed by atoms with Crippen molar-refractivity contribution in [3.8, 4) is 0 Å². The van der Waals surface area contributed by atoms with Crippen LogP contribution in [0.2, 0.25) is 0 Å². The predicted octanol–water partition coefficient (Wildman–Crippen LogP) is 3.34. The number of sulfonamides is 1. The van der Waals surface area contributed by atoms with Crippen molar-refractivity contribution in [3.63, 3.8) is 0 Å². The molecule has 1 heterocycles. The van der Waals surface area contributed by atoms with Gasteiger partial charge in [0.05, 0.1) is 4.90 Å². The maximum atomic E-state index is 13.4. The van der Waals surface area contributed by atoms with E-state index in [2.05, 4.69) is 5.32 Å². The Labute approximate surface area is 177 Å². The first-order valence-electron chi connectivity index (χ1n) is 10.5. The van der Waals surface area contributed by atoms with Gasteiger partial charge in [-0.15, -0.1) is 0 Å². The molecule has 1 aliphatic heterocycles. The summed E-state index contributed by atoms with van der Waals surface area (Å²) < 4.78 is 40.9. The number of nitrogens with one attached hydrogen (secondary N) is 1. The van der Waals surface area contributed by atoms with Gasteiger partial charge in [0.25, 0.3) is 0 Å². The number of hydrogen-bond acceptors (Lipinski definition) is 3. The van der Waals surface area contributed by atoms with E-state index in [1.807, 2.05) is 12.1 Å². The van der Waals surface area contributed by atoms with Crippen LogP contribution in [0.1, 0.15) is 41.5 Å². The molecule has 0 bridgehead atoms. The smallest absolute Gasteiger partial charge is 0.243 e. The van der Waals surface area contributed by atoms with E-state index in [4.69, 9.17) is 0 Å². The monoisotopic (exact) mass is 430 g/mol. The van der Waals surface area contributed by atoms with Gasteiger partial charge in [-0.25, -0.2) is 12.8 Å². The molecule has 1 N–H and O–H groups in total. The number of amides is 1. The van der Waals surface area contributed by atoms with Gasteiger partial charge in [0.1, 0.15) is 5.82 Å². The highest BCUT2D eigenvalue weighted by molar-refractivity contribution is 7.89. The van der Waals surface area contributed by atoms with E-state index < -0.39 is 10.0 Å². The molecular formula is C23H27FN2O3S. The summed E-state index contributed by atoms with van der Waals surface area (Å²) in [4.78, 5) is 12.9. The number of nitrogens with zero attached hydrogens (tertiary/aromatic N) is 1. The lowest BCUT2D eigenvalue weighted by Gasteiger charge is -2.30. The van der Waals surface area contributed by atoms with Crippen LogP contribution in [-0.2, 0) is 34.2 Å². The van der Waals surface area contributed by atoms with Gasteiger partial charge < -0.3 is 5.32 Å². The molecule has 2 aromatic rings.